The van der Waals surface area contributed by atoms with Crippen molar-refractivity contribution in [3.63, 3.8) is 0 Å². The Hall–Kier alpha value is -1.65. The minimum absolute atomic E-state index is 0.0178. The monoisotopic (exact) mass is 334 g/mol. The maximum absolute atomic E-state index is 12.3. The van der Waals surface area contributed by atoms with Gasteiger partial charge in [-0.05, 0) is 42.3 Å². The zero-order valence-corrected chi connectivity index (χ0v) is 14.0. The van der Waals surface area contributed by atoms with Crippen molar-refractivity contribution in [1.82, 2.24) is 5.32 Å². The average Bonchev–Trinajstić information content (AvgIpc) is 2.53. The molecule has 22 heavy (non-hydrogen) atoms. The first-order chi connectivity index (χ1) is 10.6. The summed E-state index contributed by atoms with van der Waals surface area (Å²) in [6.45, 7) is 2.45. The van der Waals surface area contributed by atoms with Crippen LogP contribution in [0.5, 0.6) is 0 Å². The molecular weight excluding hydrogens is 316 g/mol. The quantitative estimate of drug-likeness (QED) is 0.617. The van der Waals surface area contributed by atoms with Crippen molar-refractivity contribution in [1.29, 1.82) is 0 Å². The highest BCUT2D eigenvalue weighted by Crippen LogP contribution is 2.26. The van der Waals surface area contributed by atoms with E-state index < -0.39 is 0 Å². The molecule has 1 atom stereocenters. The second-order valence-electron chi connectivity index (χ2n) is 4.89. The number of rotatable bonds is 6. The van der Waals surface area contributed by atoms with E-state index in [0.717, 1.165) is 22.6 Å². The highest BCUT2D eigenvalue weighted by atomic mass is 35.5. The maximum Gasteiger partial charge on any atom is 0.233 e. The second-order valence-corrected chi connectivity index (χ2v) is 6.58. The lowest BCUT2D eigenvalue weighted by atomic mass is 10.2. The number of hydrogen-bond donors (Lipinski definition) is 2. The number of nitrogen functional groups attached to an aromatic ring is 1. The Labute approximate surface area is 140 Å². The number of thioether (sulfide) groups is 1. The van der Waals surface area contributed by atoms with Crippen LogP contribution in [-0.2, 0) is 11.3 Å². The largest absolute Gasteiger partial charge is 0.399 e. The molecule has 0 saturated heterocycles. The summed E-state index contributed by atoms with van der Waals surface area (Å²) in [5.74, 6) is 0.0178. The molecule has 2 aromatic rings. The Morgan fingerprint density at radius 3 is 2.55 bits per heavy atom. The van der Waals surface area contributed by atoms with Gasteiger partial charge in [0, 0.05) is 22.2 Å². The number of nitrogens with two attached hydrogens (primary N) is 1. The first-order valence-corrected chi connectivity index (χ1v) is 8.39. The van der Waals surface area contributed by atoms with Crippen LogP contribution >= 0.6 is 23.4 Å². The number of carbonyl (C=O) groups excluding carboxylic acids is 1. The molecule has 1 amide bonds. The van der Waals surface area contributed by atoms with Crippen molar-refractivity contribution >= 4 is 35.0 Å². The van der Waals surface area contributed by atoms with Crippen LogP contribution in [0.2, 0.25) is 5.02 Å². The van der Waals surface area contributed by atoms with E-state index in [4.69, 9.17) is 17.3 Å². The van der Waals surface area contributed by atoms with E-state index in [9.17, 15) is 4.79 Å². The van der Waals surface area contributed by atoms with Gasteiger partial charge in [-0.25, -0.2) is 0 Å². The van der Waals surface area contributed by atoms with Gasteiger partial charge in [-0.2, -0.15) is 0 Å². The van der Waals surface area contributed by atoms with Gasteiger partial charge in [-0.1, -0.05) is 36.7 Å². The topological polar surface area (TPSA) is 55.1 Å². The van der Waals surface area contributed by atoms with Gasteiger partial charge in [0.25, 0.3) is 0 Å². The predicted molar refractivity (Wildman–Crippen MR) is 94.1 cm³/mol. The van der Waals surface area contributed by atoms with E-state index in [2.05, 4.69) is 5.32 Å². The van der Waals surface area contributed by atoms with Gasteiger partial charge in [-0.15, -0.1) is 11.8 Å². The minimum atomic E-state index is -0.133. The highest BCUT2D eigenvalue weighted by Gasteiger charge is 2.17. The van der Waals surface area contributed by atoms with E-state index >= 15 is 0 Å². The van der Waals surface area contributed by atoms with Crippen LogP contribution in [0, 0.1) is 0 Å². The molecule has 2 aromatic carbocycles. The van der Waals surface area contributed by atoms with Crippen LogP contribution in [0.3, 0.4) is 0 Å². The molecule has 0 radical (unpaired) electrons. The van der Waals surface area contributed by atoms with Crippen LogP contribution in [0.1, 0.15) is 18.9 Å². The molecule has 3 nitrogen and oxygen atoms in total. The van der Waals surface area contributed by atoms with Crippen LogP contribution in [0.15, 0.2) is 53.4 Å². The summed E-state index contributed by atoms with van der Waals surface area (Å²) in [4.78, 5) is 13.4. The predicted octanol–water partition coefficient (Wildman–Crippen LogP) is 4.11. The second kappa shape index (κ2) is 8.11. The smallest absolute Gasteiger partial charge is 0.233 e. The summed E-state index contributed by atoms with van der Waals surface area (Å²) in [7, 11) is 0. The molecule has 2 rings (SSSR count). The Morgan fingerprint density at radius 1 is 1.23 bits per heavy atom. The van der Waals surface area contributed by atoms with Crippen molar-refractivity contribution in [3.05, 3.63) is 59.1 Å². The molecule has 116 valence electrons. The standard InChI is InChI=1S/C17H19ClN2OS/c1-2-16(22-14-9-7-13(19)8-10-14)17(21)20-11-12-5-3-4-6-15(12)18/h3-10,16H,2,11,19H2,1H3,(H,20,21). The summed E-state index contributed by atoms with van der Waals surface area (Å²) >= 11 is 7.64. The van der Waals surface area contributed by atoms with Crippen molar-refractivity contribution < 1.29 is 4.79 Å². The molecule has 3 N–H and O–H groups in total. The van der Waals surface area contributed by atoms with Gasteiger partial charge in [0.05, 0.1) is 5.25 Å². The number of anilines is 1. The number of nitrogens with one attached hydrogen (secondary N) is 1. The fourth-order valence-electron chi connectivity index (χ4n) is 1.97. The molecule has 0 aliphatic rings. The molecular formula is C17H19ClN2OS. The summed E-state index contributed by atoms with van der Waals surface area (Å²) in [6.07, 6.45) is 0.753. The fraction of sp³-hybridized carbons (Fsp3) is 0.235. The molecule has 0 spiro atoms. The fourth-order valence-corrected chi connectivity index (χ4v) is 3.15. The van der Waals surface area contributed by atoms with Gasteiger partial charge in [-0.3, -0.25) is 4.79 Å². The number of hydrogen-bond acceptors (Lipinski definition) is 3. The summed E-state index contributed by atoms with van der Waals surface area (Å²) in [5.41, 5.74) is 7.32. The number of amides is 1. The van der Waals surface area contributed by atoms with E-state index in [1.165, 1.54) is 0 Å². The summed E-state index contributed by atoms with van der Waals surface area (Å²) < 4.78 is 0. The maximum atomic E-state index is 12.3. The molecule has 0 aliphatic carbocycles. The van der Waals surface area contributed by atoms with Crippen LogP contribution in [0.4, 0.5) is 5.69 Å². The lowest BCUT2D eigenvalue weighted by Crippen LogP contribution is -2.31. The SMILES string of the molecule is CCC(Sc1ccc(N)cc1)C(=O)NCc1ccccc1Cl. The van der Waals surface area contributed by atoms with Crippen LogP contribution < -0.4 is 11.1 Å². The molecule has 0 aliphatic heterocycles. The zero-order valence-electron chi connectivity index (χ0n) is 12.4. The summed E-state index contributed by atoms with van der Waals surface area (Å²) in [5, 5.41) is 3.49. The van der Waals surface area contributed by atoms with Gasteiger partial charge in [0.15, 0.2) is 0 Å². The number of benzene rings is 2. The molecule has 1 unspecified atom stereocenters. The molecule has 5 heteroatoms. The third-order valence-corrected chi connectivity index (χ3v) is 4.98. The lowest BCUT2D eigenvalue weighted by Gasteiger charge is -2.15. The highest BCUT2D eigenvalue weighted by molar-refractivity contribution is 8.00. The average molecular weight is 335 g/mol. The van der Waals surface area contributed by atoms with E-state index in [0.29, 0.717) is 11.6 Å². The van der Waals surface area contributed by atoms with E-state index in [1.807, 2.05) is 55.5 Å². The molecule has 0 fully saturated rings. The molecule has 0 bridgehead atoms. The first-order valence-electron chi connectivity index (χ1n) is 7.13. The molecule has 0 heterocycles. The van der Waals surface area contributed by atoms with Crippen LogP contribution in [0.25, 0.3) is 0 Å². The zero-order chi connectivity index (χ0) is 15.9. The van der Waals surface area contributed by atoms with Gasteiger partial charge >= 0.3 is 0 Å². The molecule has 0 saturated carbocycles. The third-order valence-electron chi connectivity index (χ3n) is 3.23. The number of carbonyl (C=O) groups is 1. The van der Waals surface area contributed by atoms with Gasteiger partial charge in [0.1, 0.15) is 0 Å². The van der Waals surface area contributed by atoms with Crippen molar-refractivity contribution in [3.8, 4) is 0 Å². The lowest BCUT2D eigenvalue weighted by molar-refractivity contribution is -0.120. The molecule has 0 aromatic heterocycles. The minimum Gasteiger partial charge on any atom is -0.399 e. The summed E-state index contributed by atoms with van der Waals surface area (Å²) in [6, 6.07) is 15.1. The number of halogens is 1. The van der Waals surface area contributed by atoms with Gasteiger partial charge in [0.2, 0.25) is 5.91 Å². The van der Waals surface area contributed by atoms with Crippen molar-refractivity contribution in [2.24, 2.45) is 0 Å². The van der Waals surface area contributed by atoms with Crippen molar-refractivity contribution in [2.45, 2.75) is 30.0 Å². The Balaban J connectivity index is 1.94. The normalized spacial score (nSPS) is 11.9. The van der Waals surface area contributed by atoms with E-state index in [-0.39, 0.29) is 11.2 Å². The first kappa shape index (κ1) is 16.7. The van der Waals surface area contributed by atoms with E-state index in [1.54, 1.807) is 11.8 Å². The van der Waals surface area contributed by atoms with Crippen molar-refractivity contribution in [2.75, 3.05) is 5.73 Å². The Bertz CT molecular complexity index is 631. The van der Waals surface area contributed by atoms with Crippen LogP contribution in [-0.4, -0.2) is 11.2 Å². The third kappa shape index (κ3) is 4.68. The van der Waals surface area contributed by atoms with Gasteiger partial charge < -0.3 is 11.1 Å². The Morgan fingerprint density at radius 2 is 1.91 bits per heavy atom. The Kier molecular flexibility index (Phi) is 6.16.